The van der Waals surface area contributed by atoms with E-state index in [-0.39, 0.29) is 0 Å². The SMILES string of the molecule is CCCC(C)(I)C(=O)O. The summed E-state index contributed by atoms with van der Waals surface area (Å²) in [7, 11) is 0. The number of alkyl halides is 1. The van der Waals surface area contributed by atoms with Gasteiger partial charge in [-0.05, 0) is 13.3 Å². The molecule has 2 nitrogen and oxygen atoms in total. The maximum Gasteiger partial charge on any atom is 0.319 e. The fourth-order valence-electron chi connectivity index (χ4n) is 0.576. The number of carboxylic acid groups (broad SMARTS) is 1. The molecule has 0 aromatic rings. The summed E-state index contributed by atoms with van der Waals surface area (Å²) < 4.78 is -0.563. The van der Waals surface area contributed by atoms with E-state index >= 15 is 0 Å². The average molecular weight is 242 g/mol. The standard InChI is InChI=1S/C6H11IO2/c1-3-4-6(2,7)5(8)9/h3-4H2,1-2H3,(H,8,9). The highest BCUT2D eigenvalue weighted by Crippen LogP contribution is 2.23. The van der Waals surface area contributed by atoms with Gasteiger partial charge in [0.25, 0.3) is 0 Å². The number of halogens is 1. The van der Waals surface area contributed by atoms with Crippen molar-refractivity contribution in [3.63, 3.8) is 0 Å². The molecule has 0 bridgehead atoms. The fourth-order valence-corrected chi connectivity index (χ4v) is 1.12. The zero-order valence-corrected chi connectivity index (χ0v) is 7.81. The smallest absolute Gasteiger partial charge is 0.319 e. The van der Waals surface area contributed by atoms with E-state index < -0.39 is 9.39 Å². The lowest BCUT2D eigenvalue weighted by atomic mass is 10.1. The second kappa shape index (κ2) is 3.39. The molecule has 0 aliphatic heterocycles. The van der Waals surface area contributed by atoms with Crippen LogP contribution in [0.25, 0.3) is 0 Å². The van der Waals surface area contributed by atoms with Crippen molar-refractivity contribution in [1.29, 1.82) is 0 Å². The molecule has 0 radical (unpaired) electrons. The minimum Gasteiger partial charge on any atom is -0.480 e. The van der Waals surface area contributed by atoms with Gasteiger partial charge in [0, 0.05) is 0 Å². The lowest BCUT2D eigenvalue weighted by Gasteiger charge is -2.14. The van der Waals surface area contributed by atoms with Gasteiger partial charge >= 0.3 is 5.97 Å². The number of carboxylic acids is 1. The highest BCUT2D eigenvalue weighted by molar-refractivity contribution is 14.1. The van der Waals surface area contributed by atoms with E-state index in [4.69, 9.17) is 5.11 Å². The van der Waals surface area contributed by atoms with Gasteiger partial charge in [-0.25, -0.2) is 0 Å². The Morgan fingerprint density at radius 3 is 2.33 bits per heavy atom. The van der Waals surface area contributed by atoms with E-state index in [1.54, 1.807) is 6.92 Å². The minimum atomic E-state index is -0.718. The third-order valence-corrected chi connectivity index (χ3v) is 2.17. The van der Waals surface area contributed by atoms with Crippen molar-refractivity contribution in [3.05, 3.63) is 0 Å². The summed E-state index contributed by atoms with van der Waals surface area (Å²) in [5, 5.41) is 8.56. The van der Waals surface area contributed by atoms with Gasteiger partial charge in [-0.15, -0.1) is 0 Å². The van der Waals surface area contributed by atoms with Crippen LogP contribution in [0.1, 0.15) is 26.7 Å². The normalized spacial score (nSPS) is 16.8. The topological polar surface area (TPSA) is 37.3 Å². The van der Waals surface area contributed by atoms with Crippen molar-refractivity contribution >= 4 is 28.6 Å². The van der Waals surface area contributed by atoms with Crippen LogP contribution in [0.2, 0.25) is 0 Å². The summed E-state index contributed by atoms with van der Waals surface area (Å²) in [5.74, 6) is -0.718. The molecule has 0 spiro atoms. The predicted molar refractivity (Wildman–Crippen MR) is 45.0 cm³/mol. The molecular formula is C6H11IO2. The van der Waals surface area contributed by atoms with Crippen molar-refractivity contribution in [2.45, 2.75) is 30.1 Å². The zero-order chi connectivity index (χ0) is 7.49. The first-order chi connectivity index (χ1) is 4.00. The lowest BCUT2D eigenvalue weighted by molar-refractivity contribution is -0.138. The largest absolute Gasteiger partial charge is 0.480 e. The molecule has 1 N–H and O–H groups in total. The van der Waals surface area contributed by atoms with Crippen LogP contribution in [0.5, 0.6) is 0 Å². The van der Waals surface area contributed by atoms with Gasteiger partial charge in [0.1, 0.15) is 3.42 Å². The van der Waals surface area contributed by atoms with Crippen LogP contribution < -0.4 is 0 Å². The summed E-state index contributed by atoms with van der Waals surface area (Å²) in [6.07, 6.45) is 1.66. The Labute approximate surface area is 68.8 Å². The van der Waals surface area contributed by atoms with E-state index in [1.165, 1.54) is 0 Å². The second-order valence-electron chi connectivity index (χ2n) is 2.25. The summed E-state index contributed by atoms with van der Waals surface area (Å²) in [6, 6.07) is 0. The van der Waals surface area contributed by atoms with Gasteiger partial charge in [0.2, 0.25) is 0 Å². The highest BCUT2D eigenvalue weighted by atomic mass is 127. The lowest BCUT2D eigenvalue weighted by Crippen LogP contribution is -2.26. The van der Waals surface area contributed by atoms with Crippen molar-refractivity contribution in [1.82, 2.24) is 0 Å². The van der Waals surface area contributed by atoms with Gasteiger partial charge in [0.15, 0.2) is 0 Å². The molecular weight excluding hydrogens is 231 g/mol. The number of rotatable bonds is 3. The van der Waals surface area contributed by atoms with E-state index in [9.17, 15) is 4.79 Å². The van der Waals surface area contributed by atoms with Crippen LogP contribution >= 0.6 is 22.6 Å². The molecule has 9 heavy (non-hydrogen) atoms. The van der Waals surface area contributed by atoms with Crippen LogP contribution in [0.4, 0.5) is 0 Å². The molecule has 0 aliphatic rings. The maximum atomic E-state index is 10.4. The van der Waals surface area contributed by atoms with E-state index in [0.717, 1.165) is 12.8 Å². The number of hydrogen-bond donors (Lipinski definition) is 1. The van der Waals surface area contributed by atoms with Crippen molar-refractivity contribution in [2.75, 3.05) is 0 Å². The van der Waals surface area contributed by atoms with Gasteiger partial charge in [-0.3, -0.25) is 4.79 Å². The van der Waals surface area contributed by atoms with Crippen LogP contribution in [-0.4, -0.2) is 14.5 Å². The summed E-state index contributed by atoms with van der Waals surface area (Å²) in [6.45, 7) is 3.72. The Morgan fingerprint density at radius 2 is 2.22 bits per heavy atom. The Bertz CT molecular complexity index is 110. The third-order valence-electron chi connectivity index (χ3n) is 1.17. The van der Waals surface area contributed by atoms with E-state index in [0.29, 0.717) is 0 Å². The highest BCUT2D eigenvalue weighted by Gasteiger charge is 2.27. The Balaban J connectivity index is 3.85. The molecule has 0 saturated carbocycles. The summed E-state index contributed by atoms with van der Waals surface area (Å²) in [5.41, 5.74) is 0. The second-order valence-corrected chi connectivity index (χ2v) is 4.63. The maximum absolute atomic E-state index is 10.4. The number of aliphatic carboxylic acids is 1. The summed E-state index contributed by atoms with van der Waals surface area (Å²) in [4.78, 5) is 10.4. The fraction of sp³-hybridized carbons (Fsp3) is 0.833. The Morgan fingerprint density at radius 1 is 1.78 bits per heavy atom. The zero-order valence-electron chi connectivity index (χ0n) is 5.65. The molecule has 0 saturated heterocycles. The van der Waals surface area contributed by atoms with Crippen LogP contribution in [-0.2, 0) is 4.79 Å². The molecule has 1 unspecified atom stereocenters. The van der Waals surface area contributed by atoms with Crippen molar-refractivity contribution < 1.29 is 9.90 Å². The molecule has 3 heteroatoms. The molecule has 0 aromatic heterocycles. The Kier molecular flexibility index (Phi) is 3.46. The van der Waals surface area contributed by atoms with Crippen LogP contribution in [0, 0.1) is 0 Å². The van der Waals surface area contributed by atoms with E-state index in [2.05, 4.69) is 0 Å². The first-order valence-corrected chi connectivity index (χ1v) is 4.01. The van der Waals surface area contributed by atoms with Crippen molar-refractivity contribution in [3.8, 4) is 0 Å². The average Bonchev–Trinajstić information content (AvgIpc) is 1.65. The summed E-state index contributed by atoms with van der Waals surface area (Å²) >= 11 is 1.97. The number of hydrogen-bond acceptors (Lipinski definition) is 1. The molecule has 0 fully saturated rings. The Hall–Kier alpha value is 0.200. The molecule has 0 heterocycles. The molecule has 0 aromatic carbocycles. The van der Waals surface area contributed by atoms with Crippen LogP contribution in [0.3, 0.4) is 0 Å². The quantitative estimate of drug-likeness (QED) is 0.607. The molecule has 0 rings (SSSR count). The first-order valence-electron chi connectivity index (χ1n) is 2.93. The first kappa shape index (κ1) is 9.20. The molecule has 0 amide bonds. The predicted octanol–water partition coefficient (Wildman–Crippen LogP) is 2.06. The minimum absolute atomic E-state index is 0.563. The van der Waals surface area contributed by atoms with Gasteiger partial charge in [-0.1, -0.05) is 35.9 Å². The molecule has 1 atom stereocenters. The van der Waals surface area contributed by atoms with E-state index in [1.807, 2.05) is 29.5 Å². The monoisotopic (exact) mass is 242 g/mol. The van der Waals surface area contributed by atoms with Gasteiger partial charge < -0.3 is 5.11 Å². The molecule has 0 aliphatic carbocycles. The third kappa shape index (κ3) is 3.03. The van der Waals surface area contributed by atoms with Gasteiger partial charge in [-0.2, -0.15) is 0 Å². The molecule has 54 valence electrons. The number of carbonyl (C=O) groups is 1. The van der Waals surface area contributed by atoms with Crippen LogP contribution in [0.15, 0.2) is 0 Å². The van der Waals surface area contributed by atoms with Crippen molar-refractivity contribution in [2.24, 2.45) is 0 Å². The van der Waals surface area contributed by atoms with Gasteiger partial charge in [0.05, 0.1) is 0 Å².